The van der Waals surface area contributed by atoms with Gasteiger partial charge in [-0.05, 0) is 13.8 Å². The van der Waals surface area contributed by atoms with E-state index in [0.717, 1.165) is 13.1 Å². The Kier molecular flexibility index (Phi) is 3.36. The van der Waals surface area contributed by atoms with Crippen LogP contribution < -0.4 is 0 Å². The molecule has 0 saturated carbocycles. The summed E-state index contributed by atoms with van der Waals surface area (Å²) < 4.78 is 10.9. The number of oxazole rings is 1. The lowest BCUT2D eigenvalue weighted by atomic mass is 10.2. The van der Waals surface area contributed by atoms with E-state index in [4.69, 9.17) is 9.15 Å². The molecular formula is C11H16N2O3. The highest BCUT2D eigenvalue weighted by Gasteiger charge is 2.23. The predicted molar refractivity (Wildman–Crippen MR) is 57.2 cm³/mol. The lowest BCUT2D eigenvalue weighted by Crippen LogP contribution is -2.44. The number of carbonyl (C=O) groups is 1. The average Bonchev–Trinajstić information content (AvgIpc) is 2.64. The fourth-order valence-corrected chi connectivity index (χ4v) is 2.06. The number of morpholine rings is 1. The molecule has 0 aliphatic carbocycles. The van der Waals surface area contributed by atoms with E-state index in [2.05, 4.69) is 23.7 Å². The van der Waals surface area contributed by atoms with Crippen molar-refractivity contribution >= 4 is 6.29 Å². The Labute approximate surface area is 94.4 Å². The zero-order valence-corrected chi connectivity index (χ0v) is 9.55. The maximum atomic E-state index is 10.4. The fourth-order valence-electron chi connectivity index (χ4n) is 2.06. The van der Waals surface area contributed by atoms with Gasteiger partial charge >= 0.3 is 0 Å². The van der Waals surface area contributed by atoms with Crippen molar-refractivity contribution in [3.8, 4) is 0 Å². The standard InChI is InChI=1S/C11H16N2O3/c1-8-4-13(5-9(2)15-8)6-11-12-3-10(7-14)16-11/h3,7-9H,4-6H2,1-2H3/t8-,9+. The van der Waals surface area contributed by atoms with Gasteiger partial charge in [0.2, 0.25) is 5.89 Å². The second-order valence-electron chi connectivity index (χ2n) is 4.23. The molecule has 0 N–H and O–H groups in total. The number of carbonyl (C=O) groups excluding carboxylic acids is 1. The Morgan fingerprint density at radius 3 is 2.75 bits per heavy atom. The molecule has 0 amide bonds. The maximum Gasteiger partial charge on any atom is 0.209 e. The van der Waals surface area contributed by atoms with Crippen molar-refractivity contribution in [2.24, 2.45) is 0 Å². The van der Waals surface area contributed by atoms with Crippen molar-refractivity contribution in [2.75, 3.05) is 13.1 Å². The molecule has 16 heavy (non-hydrogen) atoms. The summed E-state index contributed by atoms with van der Waals surface area (Å²) >= 11 is 0. The molecule has 1 saturated heterocycles. The number of hydrogen-bond acceptors (Lipinski definition) is 5. The number of aromatic nitrogens is 1. The molecule has 0 unspecified atom stereocenters. The van der Waals surface area contributed by atoms with E-state index in [-0.39, 0.29) is 18.0 Å². The van der Waals surface area contributed by atoms with E-state index in [0.29, 0.717) is 18.7 Å². The van der Waals surface area contributed by atoms with Crippen LogP contribution in [0.5, 0.6) is 0 Å². The molecule has 5 nitrogen and oxygen atoms in total. The number of ether oxygens (including phenoxy) is 1. The molecule has 1 aromatic rings. The zero-order valence-electron chi connectivity index (χ0n) is 9.55. The minimum Gasteiger partial charge on any atom is -0.437 e. The molecule has 1 aliphatic rings. The third-order valence-corrected chi connectivity index (χ3v) is 2.54. The van der Waals surface area contributed by atoms with E-state index in [1.165, 1.54) is 6.20 Å². The van der Waals surface area contributed by atoms with Crippen molar-refractivity contribution in [2.45, 2.75) is 32.6 Å². The number of rotatable bonds is 3. The van der Waals surface area contributed by atoms with Crippen LogP contribution in [0.2, 0.25) is 0 Å². The monoisotopic (exact) mass is 224 g/mol. The van der Waals surface area contributed by atoms with Crippen molar-refractivity contribution < 1.29 is 13.9 Å². The molecule has 0 radical (unpaired) electrons. The summed E-state index contributed by atoms with van der Waals surface area (Å²) in [5, 5.41) is 0. The Bertz CT molecular complexity index is 354. The van der Waals surface area contributed by atoms with E-state index in [1.54, 1.807) is 0 Å². The van der Waals surface area contributed by atoms with Gasteiger partial charge in [0.25, 0.3) is 0 Å². The second kappa shape index (κ2) is 4.76. The van der Waals surface area contributed by atoms with Crippen molar-refractivity contribution in [1.82, 2.24) is 9.88 Å². The summed E-state index contributed by atoms with van der Waals surface area (Å²) in [6.45, 7) is 6.46. The predicted octanol–water partition coefficient (Wildman–Crippen LogP) is 1.10. The topological polar surface area (TPSA) is 55.6 Å². The van der Waals surface area contributed by atoms with Crippen molar-refractivity contribution in [1.29, 1.82) is 0 Å². The highest BCUT2D eigenvalue weighted by Crippen LogP contribution is 2.13. The molecule has 2 heterocycles. The molecular weight excluding hydrogens is 208 g/mol. The molecule has 0 bridgehead atoms. The Morgan fingerprint density at radius 1 is 1.50 bits per heavy atom. The van der Waals surface area contributed by atoms with Gasteiger partial charge in [0, 0.05) is 13.1 Å². The lowest BCUT2D eigenvalue weighted by molar-refractivity contribution is -0.0722. The van der Waals surface area contributed by atoms with Gasteiger partial charge in [-0.25, -0.2) is 4.98 Å². The molecule has 1 aromatic heterocycles. The molecule has 2 rings (SSSR count). The molecule has 0 spiro atoms. The van der Waals surface area contributed by atoms with Crippen LogP contribution in [0, 0.1) is 0 Å². The molecule has 1 aliphatic heterocycles. The van der Waals surface area contributed by atoms with Gasteiger partial charge in [0.15, 0.2) is 12.0 Å². The first-order chi connectivity index (χ1) is 7.67. The first-order valence-electron chi connectivity index (χ1n) is 5.45. The van der Waals surface area contributed by atoms with Gasteiger partial charge < -0.3 is 9.15 Å². The van der Waals surface area contributed by atoms with Crippen molar-refractivity contribution in [3.05, 3.63) is 17.8 Å². The van der Waals surface area contributed by atoms with Crippen LogP contribution in [-0.4, -0.2) is 41.5 Å². The van der Waals surface area contributed by atoms with Crippen LogP contribution in [0.25, 0.3) is 0 Å². The first kappa shape index (κ1) is 11.3. The van der Waals surface area contributed by atoms with Crippen LogP contribution in [0.15, 0.2) is 10.6 Å². The lowest BCUT2D eigenvalue weighted by Gasteiger charge is -2.34. The third kappa shape index (κ3) is 2.68. The molecule has 88 valence electrons. The maximum absolute atomic E-state index is 10.4. The summed E-state index contributed by atoms with van der Waals surface area (Å²) in [4.78, 5) is 16.7. The summed E-state index contributed by atoms with van der Waals surface area (Å²) in [7, 11) is 0. The summed E-state index contributed by atoms with van der Waals surface area (Å²) in [6, 6.07) is 0. The van der Waals surface area contributed by atoms with Gasteiger partial charge in [0.05, 0.1) is 24.9 Å². The number of aldehydes is 1. The Morgan fingerprint density at radius 2 is 2.19 bits per heavy atom. The first-order valence-corrected chi connectivity index (χ1v) is 5.45. The van der Waals surface area contributed by atoms with Gasteiger partial charge in [-0.3, -0.25) is 9.69 Å². The Hall–Kier alpha value is -1.20. The normalized spacial score (nSPS) is 26.9. The Balaban J connectivity index is 1.95. The van der Waals surface area contributed by atoms with Crippen molar-refractivity contribution in [3.63, 3.8) is 0 Å². The van der Waals surface area contributed by atoms with Crippen LogP contribution in [0.3, 0.4) is 0 Å². The van der Waals surface area contributed by atoms with Gasteiger partial charge in [-0.1, -0.05) is 0 Å². The molecule has 5 heteroatoms. The second-order valence-corrected chi connectivity index (χ2v) is 4.23. The molecule has 0 aromatic carbocycles. The fraction of sp³-hybridized carbons (Fsp3) is 0.636. The molecule has 2 atom stereocenters. The largest absolute Gasteiger partial charge is 0.437 e. The van der Waals surface area contributed by atoms with E-state index >= 15 is 0 Å². The SMILES string of the molecule is C[C@@H]1CN(Cc2ncc(C=O)o2)C[C@H](C)O1. The van der Waals surface area contributed by atoms with Crippen LogP contribution in [-0.2, 0) is 11.3 Å². The van der Waals surface area contributed by atoms with Crippen LogP contribution in [0.1, 0.15) is 30.3 Å². The van der Waals surface area contributed by atoms with E-state index < -0.39 is 0 Å². The highest BCUT2D eigenvalue weighted by atomic mass is 16.5. The van der Waals surface area contributed by atoms with E-state index in [9.17, 15) is 4.79 Å². The number of hydrogen-bond donors (Lipinski definition) is 0. The van der Waals surface area contributed by atoms with Gasteiger partial charge in [-0.2, -0.15) is 0 Å². The molecule has 1 fully saturated rings. The zero-order chi connectivity index (χ0) is 11.5. The van der Waals surface area contributed by atoms with E-state index in [1.807, 2.05) is 0 Å². The quantitative estimate of drug-likeness (QED) is 0.719. The average molecular weight is 224 g/mol. The number of nitrogens with zero attached hydrogens (tertiary/aromatic N) is 2. The smallest absolute Gasteiger partial charge is 0.209 e. The third-order valence-electron chi connectivity index (χ3n) is 2.54. The van der Waals surface area contributed by atoms with Crippen LogP contribution in [0.4, 0.5) is 0 Å². The van der Waals surface area contributed by atoms with Gasteiger partial charge in [0.1, 0.15) is 0 Å². The summed E-state index contributed by atoms with van der Waals surface area (Å²) in [5.74, 6) is 0.868. The van der Waals surface area contributed by atoms with Crippen LogP contribution >= 0.6 is 0 Å². The summed E-state index contributed by atoms with van der Waals surface area (Å²) in [6.07, 6.45) is 2.57. The minimum atomic E-state index is 0.226. The van der Waals surface area contributed by atoms with Gasteiger partial charge in [-0.15, -0.1) is 0 Å². The highest BCUT2D eigenvalue weighted by molar-refractivity contribution is 5.69. The summed E-state index contributed by atoms with van der Waals surface area (Å²) in [5.41, 5.74) is 0. The minimum absolute atomic E-state index is 0.226.